The van der Waals surface area contributed by atoms with E-state index < -0.39 is 0 Å². The number of aromatic nitrogens is 1. The molecule has 2 heterocycles. The fourth-order valence-corrected chi connectivity index (χ4v) is 2.80. The van der Waals surface area contributed by atoms with Gasteiger partial charge in [-0.1, -0.05) is 13.8 Å². The minimum absolute atomic E-state index is 0.134. The molecule has 0 aliphatic heterocycles. The standard InChI is InChI=1S/C14H21N3OS/c1-14(2,9-15)10-17(3)7-11-8-19-13(16-11)12-5-4-6-18-12/h4-6,8H,7,9-10,15H2,1-3H3. The zero-order valence-corrected chi connectivity index (χ0v) is 12.5. The normalized spacial score (nSPS) is 12.3. The lowest BCUT2D eigenvalue weighted by atomic mass is 9.93. The molecule has 2 aromatic rings. The van der Waals surface area contributed by atoms with Gasteiger partial charge in [0.25, 0.3) is 0 Å². The summed E-state index contributed by atoms with van der Waals surface area (Å²) in [6.07, 6.45) is 1.67. The first-order valence-corrected chi connectivity index (χ1v) is 7.25. The summed E-state index contributed by atoms with van der Waals surface area (Å²) in [6.45, 7) is 6.83. The molecule has 0 atom stereocenters. The van der Waals surface area contributed by atoms with Crippen molar-refractivity contribution in [2.24, 2.45) is 11.1 Å². The largest absolute Gasteiger partial charge is 0.462 e. The topological polar surface area (TPSA) is 55.3 Å². The molecule has 0 saturated heterocycles. The van der Waals surface area contributed by atoms with Crippen molar-refractivity contribution in [3.63, 3.8) is 0 Å². The average molecular weight is 279 g/mol. The maximum atomic E-state index is 5.76. The highest BCUT2D eigenvalue weighted by Gasteiger charge is 2.18. The third-order valence-corrected chi connectivity index (χ3v) is 3.87. The second kappa shape index (κ2) is 5.86. The summed E-state index contributed by atoms with van der Waals surface area (Å²) in [4.78, 5) is 6.86. The number of nitrogens with two attached hydrogens (primary N) is 1. The van der Waals surface area contributed by atoms with Crippen LogP contribution in [-0.2, 0) is 6.54 Å². The van der Waals surface area contributed by atoms with E-state index in [1.165, 1.54) is 0 Å². The van der Waals surface area contributed by atoms with Crippen LogP contribution in [0.4, 0.5) is 0 Å². The van der Waals surface area contributed by atoms with Crippen molar-refractivity contribution in [3.8, 4) is 10.8 Å². The molecule has 0 bridgehead atoms. The Kier molecular flexibility index (Phi) is 4.39. The zero-order chi connectivity index (χ0) is 13.9. The van der Waals surface area contributed by atoms with Gasteiger partial charge < -0.3 is 10.2 Å². The fourth-order valence-electron chi connectivity index (χ4n) is 2.02. The predicted octanol–water partition coefficient (Wildman–Crippen LogP) is 2.82. The van der Waals surface area contributed by atoms with Crippen molar-refractivity contribution in [1.29, 1.82) is 0 Å². The lowest BCUT2D eigenvalue weighted by Gasteiger charge is -2.28. The Morgan fingerprint density at radius 3 is 2.89 bits per heavy atom. The molecule has 19 heavy (non-hydrogen) atoms. The van der Waals surface area contributed by atoms with Gasteiger partial charge in [0, 0.05) is 18.5 Å². The van der Waals surface area contributed by atoms with Gasteiger partial charge in [0.15, 0.2) is 10.8 Å². The molecule has 0 radical (unpaired) electrons. The number of thiazole rings is 1. The summed E-state index contributed by atoms with van der Waals surface area (Å²) in [5.41, 5.74) is 6.97. The number of hydrogen-bond donors (Lipinski definition) is 1. The summed E-state index contributed by atoms with van der Waals surface area (Å²) in [5.74, 6) is 0.834. The summed E-state index contributed by atoms with van der Waals surface area (Å²) in [7, 11) is 2.10. The molecule has 0 aromatic carbocycles. The quantitative estimate of drug-likeness (QED) is 0.883. The molecule has 4 nitrogen and oxygen atoms in total. The number of nitrogens with zero attached hydrogens (tertiary/aromatic N) is 2. The summed E-state index contributed by atoms with van der Waals surface area (Å²) < 4.78 is 5.35. The first-order valence-electron chi connectivity index (χ1n) is 6.37. The zero-order valence-electron chi connectivity index (χ0n) is 11.7. The third kappa shape index (κ3) is 3.89. The Bertz CT molecular complexity index is 505. The second-order valence-corrected chi connectivity index (χ2v) is 6.52. The lowest BCUT2D eigenvalue weighted by molar-refractivity contribution is 0.208. The molecular formula is C14H21N3OS. The van der Waals surface area contributed by atoms with Gasteiger partial charge in [-0.15, -0.1) is 11.3 Å². The van der Waals surface area contributed by atoms with Gasteiger partial charge >= 0.3 is 0 Å². The maximum Gasteiger partial charge on any atom is 0.162 e. The minimum atomic E-state index is 0.134. The molecule has 5 heteroatoms. The molecule has 0 amide bonds. The van der Waals surface area contributed by atoms with E-state index in [-0.39, 0.29) is 5.41 Å². The Labute approximate surface area is 118 Å². The van der Waals surface area contributed by atoms with Crippen LogP contribution in [0.3, 0.4) is 0 Å². The highest BCUT2D eigenvalue weighted by Crippen LogP contribution is 2.24. The van der Waals surface area contributed by atoms with Crippen molar-refractivity contribution in [2.75, 3.05) is 20.1 Å². The summed E-state index contributed by atoms with van der Waals surface area (Å²) in [5, 5.41) is 3.02. The van der Waals surface area contributed by atoms with Crippen LogP contribution in [0.1, 0.15) is 19.5 Å². The molecule has 104 valence electrons. The van der Waals surface area contributed by atoms with Crippen LogP contribution >= 0.6 is 11.3 Å². The summed E-state index contributed by atoms with van der Waals surface area (Å²) >= 11 is 1.62. The first-order chi connectivity index (χ1) is 9.00. The monoisotopic (exact) mass is 279 g/mol. The number of rotatable bonds is 6. The molecule has 2 rings (SSSR count). The smallest absolute Gasteiger partial charge is 0.162 e. The van der Waals surface area contributed by atoms with Crippen LogP contribution in [0.2, 0.25) is 0 Å². The molecule has 0 aliphatic carbocycles. The van der Waals surface area contributed by atoms with Gasteiger partial charge in [0.1, 0.15) is 0 Å². The number of hydrogen-bond acceptors (Lipinski definition) is 5. The van der Waals surface area contributed by atoms with Gasteiger partial charge in [-0.05, 0) is 31.1 Å². The molecular weight excluding hydrogens is 258 g/mol. The second-order valence-electron chi connectivity index (χ2n) is 5.66. The maximum absolute atomic E-state index is 5.76. The van der Waals surface area contributed by atoms with Crippen LogP contribution in [-0.4, -0.2) is 30.0 Å². The average Bonchev–Trinajstić information content (AvgIpc) is 2.97. The lowest BCUT2D eigenvalue weighted by Crippen LogP contribution is -2.36. The van der Waals surface area contributed by atoms with Crippen LogP contribution in [0.15, 0.2) is 28.2 Å². The Morgan fingerprint density at radius 2 is 2.26 bits per heavy atom. The van der Waals surface area contributed by atoms with Crippen molar-refractivity contribution in [1.82, 2.24) is 9.88 Å². The number of furan rings is 1. The van der Waals surface area contributed by atoms with Crippen LogP contribution in [0.5, 0.6) is 0 Å². The van der Waals surface area contributed by atoms with E-state index in [0.29, 0.717) is 6.54 Å². The van der Waals surface area contributed by atoms with Gasteiger partial charge in [-0.3, -0.25) is 4.90 Å². The highest BCUT2D eigenvalue weighted by molar-refractivity contribution is 7.13. The molecule has 0 saturated carbocycles. The third-order valence-electron chi connectivity index (χ3n) is 2.97. The Hall–Kier alpha value is -1.17. The Balaban J connectivity index is 1.97. The van der Waals surface area contributed by atoms with Crippen molar-refractivity contribution in [3.05, 3.63) is 29.5 Å². The van der Waals surface area contributed by atoms with E-state index >= 15 is 0 Å². The van der Waals surface area contributed by atoms with Crippen molar-refractivity contribution >= 4 is 11.3 Å². The molecule has 0 aliphatic rings. The highest BCUT2D eigenvalue weighted by atomic mass is 32.1. The van der Waals surface area contributed by atoms with E-state index in [1.54, 1.807) is 17.6 Å². The molecule has 2 N–H and O–H groups in total. The van der Waals surface area contributed by atoms with Gasteiger partial charge in [0.05, 0.1) is 12.0 Å². The first kappa shape index (κ1) is 14.2. The molecule has 2 aromatic heterocycles. The van der Waals surface area contributed by atoms with Crippen molar-refractivity contribution < 1.29 is 4.42 Å². The van der Waals surface area contributed by atoms with Crippen LogP contribution in [0.25, 0.3) is 10.8 Å². The van der Waals surface area contributed by atoms with E-state index in [9.17, 15) is 0 Å². The van der Waals surface area contributed by atoms with Crippen molar-refractivity contribution in [2.45, 2.75) is 20.4 Å². The van der Waals surface area contributed by atoms with Crippen LogP contribution in [0, 0.1) is 5.41 Å². The molecule has 0 fully saturated rings. The fraction of sp³-hybridized carbons (Fsp3) is 0.500. The predicted molar refractivity (Wildman–Crippen MR) is 79.0 cm³/mol. The van der Waals surface area contributed by atoms with E-state index in [1.807, 2.05) is 12.1 Å². The molecule has 0 spiro atoms. The van der Waals surface area contributed by atoms with E-state index in [2.05, 4.69) is 36.2 Å². The Morgan fingerprint density at radius 1 is 1.47 bits per heavy atom. The van der Waals surface area contributed by atoms with Gasteiger partial charge in [-0.25, -0.2) is 4.98 Å². The van der Waals surface area contributed by atoms with Crippen LogP contribution < -0.4 is 5.73 Å². The van der Waals surface area contributed by atoms with Gasteiger partial charge in [0.2, 0.25) is 0 Å². The van der Waals surface area contributed by atoms with E-state index in [4.69, 9.17) is 10.2 Å². The minimum Gasteiger partial charge on any atom is -0.462 e. The summed E-state index contributed by atoms with van der Waals surface area (Å²) in [6, 6.07) is 3.82. The van der Waals surface area contributed by atoms with Gasteiger partial charge in [-0.2, -0.15) is 0 Å². The SMILES string of the molecule is CN(Cc1csc(-c2ccco2)n1)CC(C)(C)CN. The van der Waals surface area contributed by atoms with E-state index in [0.717, 1.165) is 29.6 Å². The molecule has 0 unspecified atom stereocenters.